The fourth-order valence-corrected chi connectivity index (χ4v) is 3.74. The molecule has 1 aromatic heterocycles. The van der Waals surface area contributed by atoms with Gasteiger partial charge < -0.3 is 14.4 Å². The molecule has 1 amide bonds. The van der Waals surface area contributed by atoms with E-state index in [9.17, 15) is 9.59 Å². The number of ether oxygens (including phenoxy) is 2. The number of pyridine rings is 1. The predicted molar refractivity (Wildman–Crippen MR) is 87.3 cm³/mol. The Hall–Kier alpha value is -1.95. The van der Waals surface area contributed by atoms with E-state index in [4.69, 9.17) is 9.47 Å². The van der Waals surface area contributed by atoms with Gasteiger partial charge in [0.05, 0.1) is 25.7 Å². The van der Waals surface area contributed by atoms with Gasteiger partial charge in [-0.05, 0) is 38.3 Å². The maximum atomic E-state index is 12.9. The Morgan fingerprint density at radius 1 is 1.38 bits per heavy atom. The van der Waals surface area contributed by atoms with E-state index < -0.39 is 6.10 Å². The van der Waals surface area contributed by atoms with E-state index in [2.05, 4.69) is 11.9 Å². The van der Waals surface area contributed by atoms with Crippen molar-refractivity contribution in [2.24, 2.45) is 0 Å². The van der Waals surface area contributed by atoms with Crippen LogP contribution in [0.3, 0.4) is 0 Å². The summed E-state index contributed by atoms with van der Waals surface area (Å²) in [5.74, 6) is -0.288. The molecule has 2 aliphatic heterocycles. The third-order valence-corrected chi connectivity index (χ3v) is 5.00. The zero-order valence-corrected chi connectivity index (χ0v) is 14.4. The lowest BCUT2D eigenvalue weighted by Gasteiger charge is -2.41. The lowest BCUT2D eigenvalue weighted by atomic mass is 9.92. The normalized spacial score (nSPS) is 29.2. The molecule has 0 unspecified atom stereocenters. The molecule has 0 spiro atoms. The average Bonchev–Trinajstić information content (AvgIpc) is 3.00. The summed E-state index contributed by atoms with van der Waals surface area (Å²) in [6.07, 6.45) is 3.70. The second kappa shape index (κ2) is 6.89. The summed E-state index contributed by atoms with van der Waals surface area (Å²) in [4.78, 5) is 30.8. The van der Waals surface area contributed by atoms with Crippen LogP contribution in [0.2, 0.25) is 0 Å². The van der Waals surface area contributed by atoms with Crippen molar-refractivity contribution in [2.75, 3.05) is 7.11 Å². The Kier molecular flexibility index (Phi) is 4.85. The van der Waals surface area contributed by atoms with Crippen molar-refractivity contribution in [3.05, 3.63) is 29.6 Å². The van der Waals surface area contributed by atoms with E-state index in [-0.39, 0.29) is 30.1 Å². The Labute approximate surface area is 142 Å². The summed E-state index contributed by atoms with van der Waals surface area (Å²) < 4.78 is 10.6. The number of piperidine rings is 1. The van der Waals surface area contributed by atoms with Gasteiger partial charge >= 0.3 is 5.97 Å². The number of aryl methyl sites for hydroxylation is 1. The highest BCUT2D eigenvalue weighted by Crippen LogP contribution is 2.35. The van der Waals surface area contributed by atoms with Crippen LogP contribution in [0.15, 0.2) is 18.3 Å². The molecule has 0 radical (unpaired) electrons. The molecule has 0 N–H and O–H groups in total. The Morgan fingerprint density at radius 3 is 2.83 bits per heavy atom. The van der Waals surface area contributed by atoms with Crippen LogP contribution in [-0.4, -0.2) is 53.2 Å². The summed E-state index contributed by atoms with van der Waals surface area (Å²) in [6, 6.07) is 3.95. The molecule has 2 fully saturated rings. The number of nitrogens with zero attached hydrogens (tertiary/aromatic N) is 2. The van der Waals surface area contributed by atoms with Crippen LogP contribution in [0.25, 0.3) is 0 Å². The van der Waals surface area contributed by atoms with Gasteiger partial charge in [0.2, 0.25) is 5.91 Å². The molecule has 0 bridgehead atoms. The maximum Gasteiger partial charge on any atom is 0.335 e. The van der Waals surface area contributed by atoms with Gasteiger partial charge in [-0.15, -0.1) is 0 Å². The molecule has 2 saturated heterocycles. The van der Waals surface area contributed by atoms with Gasteiger partial charge in [0.15, 0.2) is 6.10 Å². The minimum Gasteiger partial charge on any atom is -0.467 e. The fraction of sp³-hybridized carbons (Fsp3) is 0.611. The summed E-state index contributed by atoms with van der Waals surface area (Å²) >= 11 is 0. The molecule has 130 valence electrons. The maximum absolute atomic E-state index is 12.9. The minimum absolute atomic E-state index is 0.0521. The monoisotopic (exact) mass is 332 g/mol. The van der Waals surface area contributed by atoms with Crippen LogP contribution >= 0.6 is 0 Å². The van der Waals surface area contributed by atoms with Crippen LogP contribution in [0, 0.1) is 6.92 Å². The van der Waals surface area contributed by atoms with Gasteiger partial charge in [0.25, 0.3) is 0 Å². The number of hydrogen-bond acceptors (Lipinski definition) is 5. The molecule has 0 saturated carbocycles. The van der Waals surface area contributed by atoms with Crippen molar-refractivity contribution in [3.8, 4) is 0 Å². The van der Waals surface area contributed by atoms with E-state index in [1.165, 1.54) is 7.11 Å². The minimum atomic E-state index is -0.563. The summed E-state index contributed by atoms with van der Waals surface area (Å²) in [5.41, 5.74) is 1.84. The molecule has 6 nitrogen and oxygen atoms in total. The first-order chi connectivity index (χ1) is 11.5. The summed E-state index contributed by atoms with van der Waals surface area (Å²) in [7, 11) is 1.36. The number of likely N-dealkylation sites (tertiary alicyclic amines) is 1. The van der Waals surface area contributed by atoms with Gasteiger partial charge in [-0.3, -0.25) is 9.78 Å². The van der Waals surface area contributed by atoms with Gasteiger partial charge in [0, 0.05) is 24.4 Å². The lowest BCUT2D eigenvalue weighted by Crippen LogP contribution is -2.53. The molecule has 4 atom stereocenters. The van der Waals surface area contributed by atoms with Crippen LogP contribution in [0.5, 0.6) is 0 Å². The van der Waals surface area contributed by atoms with Gasteiger partial charge in [-0.2, -0.15) is 0 Å². The number of carbonyl (C=O) groups is 2. The highest BCUT2D eigenvalue weighted by atomic mass is 16.6. The highest BCUT2D eigenvalue weighted by Gasteiger charge is 2.47. The Balaban J connectivity index is 1.73. The zero-order valence-electron chi connectivity index (χ0n) is 14.4. The van der Waals surface area contributed by atoms with Crippen molar-refractivity contribution in [1.29, 1.82) is 0 Å². The molecular weight excluding hydrogens is 308 g/mol. The first-order valence-corrected chi connectivity index (χ1v) is 8.45. The molecule has 0 aliphatic carbocycles. The predicted octanol–water partition coefficient (Wildman–Crippen LogP) is 1.64. The fourth-order valence-electron chi connectivity index (χ4n) is 3.74. The largest absolute Gasteiger partial charge is 0.467 e. The first kappa shape index (κ1) is 16.9. The van der Waals surface area contributed by atoms with Crippen molar-refractivity contribution < 1.29 is 19.1 Å². The molecule has 1 aromatic rings. The number of hydrogen-bond donors (Lipinski definition) is 0. The number of esters is 1. The quantitative estimate of drug-likeness (QED) is 0.787. The molecular formula is C18H24N2O4. The van der Waals surface area contributed by atoms with E-state index in [1.807, 2.05) is 24.0 Å². The third kappa shape index (κ3) is 3.29. The first-order valence-electron chi connectivity index (χ1n) is 8.45. The number of aromatic nitrogens is 1. The Morgan fingerprint density at radius 2 is 2.17 bits per heavy atom. The summed E-state index contributed by atoms with van der Waals surface area (Å²) in [6.45, 7) is 3.98. The highest BCUT2D eigenvalue weighted by molar-refractivity contribution is 5.80. The van der Waals surface area contributed by atoms with Crippen molar-refractivity contribution in [3.63, 3.8) is 0 Å². The number of amides is 1. The van der Waals surface area contributed by atoms with Gasteiger partial charge in [-0.25, -0.2) is 4.79 Å². The third-order valence-electron chi connectivity index (χ3n) is 5.00. The number of methoxy groups -OCH3 is 1. The molecule has 0 aromatic carbocycles. The topological polar surface area (TPSA) is 68.7 Å². The van der Waals surface area contributed by atoms with E-state index >= 15 is 0 Å². The molecule has 2 aliphatic rings. The van der Waals surface area contributed by atoms with E-state index in [0.29, 0.717) is 12.8 Å². The SMILES string of the molecule is COC(=O)[C@@H]1C[C@@H]2[C@H](CC[C@@H](C)N2C(=O)Cc2ccc(C)nc2)O1. The van der Waals surface area contributed by atoms with Gasteiger partial charge in [0.1, 0.15) is 0 Å². The Bertz CT molecular complexity index is 616. The molecule has 3 rings (SSSR count). The van der Waals surface area contributed by atoms with Crippen LogP contribution in [0.1, 0.15) is 37.4 Å². The van der Waals surface area contributed by atoms with Crippen molar-refractivity contribution in [2.45, 2.75) is 63.8 Å². The number of carbonyl (C=O) groups excluding carboxylic acids is 2. The second-order valence-corrected chi connectivity index (χ2v) is 6.70. The molecule has 24 heavy (non-hydrogen) atoms. The van der Waals surface area contributed by atoms with Crippen LogP contribution in [0.4, 0.5) is 0 Å². The number of rotatable bonds is 3. The standard InChI is InChI=1S/C18H24N2O4/c1-11-4-6-13(10-19-11)8-17(21)20-12(2)5-7-15-14(20)9-16(24-15)18(22)23-3/h4,6,10,12,14-16H,5,7-9H2,1-3H3/t12-,14-,15+,16+/m1/s1. The second-order valence-electron chi connectivity index (χ2n) is 6.70. The van der Waals surface area contributed by atoms with Crippen molar-refractivity contribution >= 4 is 11.9 Å². The van der Waals surface area contributed by atoms with Crippen LogP contribution < -0.4 is 0 Å². The molecule has 6 heteroatoms. The lowest BCUT2D eigenvalue weighted by molar-refractivity contribution is -0.154. The smallest absolute Gasteiger partial charge is 0.335 e. The average molecular weight is 332 g/mol. The number of fused-ring (bicyclic) bond motifs is 1. The van der Waals surface area contributed by atoms with Gasteiger partial charge in [-0.1, -0.05) is 6.07 Å². The van der Waals surface area contributed by atoms with E-state index in [0.717, 1.165) is 24.1 Å². The zero-order chi connectivity index (χ0) is 17.3. The van der Waals surface area contributed by atoms with E-state index in [1.54, 1.807) is 6.20 Å². The van der Waals surface area contributed by atoms with Crippen molar-refractivity contribution in [1.82, 2.24) is 9.88 Å². The summed E-state index contributed by atoms with van der Waals surface area (Å²) in [5, 5.41) is 0. The molecule has 3 heterocycles. The van der Waals surface area contributed by atoms with Crippen LogP contribution in [-0.2, 0) is 25.5 Å².